The number of carbonyl (C=O) groups excluding carboxylic acids is 2. The topological polar surface area (TPSA) is 105 Å². The van der Waals surface area contributed by atoms with Gasteiger partial charge >= 0.3 is 5.97 Å². The van der Waals surface area contributed by atoms with E-state index in [-0.39, 0.29) is 6.42 Å². The fraction of sp³-hybridized carbons (Fsp3) is 0.261. The van der Waals surface area contributed by atoms with Gasteiger partial charge in [-0.25, -0.2) is 4.98 Å². The van der Waals surface area contributed by atoms with Gasteiger partial charge in [0.2, 0.25) is 0 Å². The van der Waals surface area contributed by atoms with Crippen LogP contribution in [0.25, 0.3) is 11.3 Å². The highest BCUT2D eigenvalue weighted by Gasteiger charge is 2.16. The van der Waals surface area contributed by atoms with Crippen molar-refractivity contribution in [3.8, 4) is 34.3 Å². The lowest BCUT2D eigenvalue weighted by Gasteiger charge is -2.18. The number of methoxy groups -OCH3 is 2. The van der Waals surface area contributed by atoms with Gasteiger partial charge in [-0.15, -0.1) is 11.3 Å². The Hall–Kier alpha value is -3.79. The third-order valence-electron chi connectivity index (χ3n) is 4.75. The molecule has 0 unspecified atom stereocenters. The van der Waals surface area contributed by atoms with Crippen molar-refractivity contribution in [3.05, 3.63) is 47.3 Å². The lowest BCUT2D eigenvalue weighted by molar-refractivity contribution is -0.146. The van der Waals surface area contributed by atoms with Crippen LogP contribution in [-0.2, 0) is 20.7 Å². The van der Waals surface area contributed by atoms with Crippen LogP contribution in [0.3, 0.4) is 0 Å². The number of rotatable bonds is 8. The van der Waals surface area contributed by atoms with Crippen LogP contribution in [0.5, 0.6) is 23.0 Å². The number of amides is 1. The van der Waals surface area contributed by atoms with Gasteiger partial charge in [-0.3, -0.25) is 14.9 Å². The van der Waals surface area contributed by atoms with Crippen LogP contribution in [0.1, 0.15) is 5.56 Å². The van der Waals surface area contributed by atoms with Gasteiger partial charge in [0.1, 0.15) is 24.7 Å². The molecule has 2 heterocycles. The van der Waals surface area contributed by atoms with Crippen LogP contribution in [0.15, 0.2) is 41.8 Å². The van der Waals surface area contributed by atoms with Gasteiger partial charge in [0, 0.05) is 10.9 Å². The zero-order valence-electron chi connectivity index (χ0n) is 18.1. The van der Waals surface area contributed by atoms with Crippen molar-refractivity contribution in [2.75, 3.05) is 39.4 Å². The first kappa shape index (κ1) is 22.4. The van der Waals surface area contributed by atoms with Gasteiger partial charge in [0.05, 0.1) is 26.3 Å². The number of benzene rings is 2. The van der Waals surface area contributed by atoms with Gasteiger partial charge in [-0.2, -0.15) is 0 Å². The fourth-order valence-electron chi connectivity index (χ4n) is 3.19. The number of hydrogen-bond donors (Lipinski definition) is 1. The molecule has 0 atom stereocenters. The van der Waals surface area contributed by atoms with Crippen molar-refractivity contribution in [1.82, 2.24) is 4.98 Å². The number of nitrogens with one attached hydrogen (secondary N) is 1. The summed E-state index contributed by atoms with van der Waals surface area (Å²) < 4.78 is 26.7. The molecule has 0 radical (unpaired) electrons. The largest absolute Gasteiger partial charge is 0.497 e. The normalized spacial score (nSPS) is 12.1. The Labute approximate surface area is 194 Å². The molecule has 0 saturated carbocycles. The average Bonchev–Trinajstić information content (AvgIpc) is 3.30. The zero-order chi connectivity index (χ0) is 23.2. The highest BCUT2D eigenvalue weighted by molar-refractivity contribution is 7.14. The van der Waals surface area contributed by atoms with Crippen LogP contribution in [0, 0.1) is 0 Å². The summed E-state index contributed by atoms with van der Waals surface area (Å²) >= 11 is 1.25. The average molecular weight is 471 g/mol. The van der Waals surface area contributed by atoms with E-state index >= 15 is 0 Å². The van der Waals surface area contributed by atoms with Crippen LogP contribution in [0.4, 0.5) is 5.13 Å². The van der Waals surface area contributed by atoms with Crippen LogP contribution in [0.2, 0.25) is 0 Å². The zero-order valence-corrected chi connectivity index (χ0v) is 18.9. The Balaban J connectivity index is 1.31. The minimum atomic E-state index is -0.525. The molecule has 2 aromatic carbocycles. The van der Waals surface area contributed by atoms with Gasteiger partial charge < -0.3 is 23.7 Å². The van der Waals surface area contributed by atoms with E-state index in [9.17, 15) is 9.59 Å². The molecule has 3 aromatic rings. The Bertz CT molecular complexity index is 1160. The van der Waals surface area contributed by atoms with E-state index < -0.39 is 18.5 Å². The lowest BCUT2D eigenvalue weighted by Crippen LogP contribution is -2.21. The predicted molar refractivity (Wildman–Crippen MR) is 121 cm³/mol. The second kappa shape index (κ2) is 10.2. The summed E-state index contributed by atoms with van der Waals surface area (Å²) in [6, 6.07) is 10.6. The molecule has 0 aliphatic carbocycles. The molecule has 1 aliphatic rings. The summed E-state index contributed by atoms with van der Waals surface area (Å²) in [4.78, 5) is 28.8. The lowest BCUT2D eigenvalue weighted by atomic mass is 10.1. The number of esters is 1. The molecule has 1 N–H and O–H groups in total. The molecular formula is C23H22N2O7S. The minimum absolute atomic E-state index is 0.0148. The molecule has 4 rings (SSSR count). The van der Waals surface area contributed by atoms with Crippen LogP contribution in [-0.4, -0.2) is 50.9 Å². The number of thiazole rings is 1. The van der Waals surface area contributed by atoms with E-state index in [1.807, 2.05) is 0 Å². The summed E-state index contributed by atoms with van der Waals surface area (Å²) in [5.74, 6) is 1.52. The van der Waals surface area contributed by atoms with E-state index in [0.717, 1.165) is 5.56 Å². The molecular weight excluding hydrogens is 448 g/mol. The van der Waals surface area contributed by atoms with Crippen LogP contribution >= 0.6 is 11.3 Å². The Kier molecular flexibility index (Phi) is 6.94. The van der Waals surface area contributed by atoms with E-state index in [1.54, 1.807) is 56.0 Å². The molecule has 0 fully saturated rings. The molecule has 10 heteroatoms. The highest BCUT2D eigenvalue weighted by Crippen LogP contribution is 2.35. The summed E-state index contributed by atoms with van der Waals surface area (Å²) in [5.41, 5.74) is 2.07. The van der Waals surface area contributed by atoms with E-state index in [2.05, 4.69) is 10.3 Å². The summed E-state index contributed by atoms with van der Waals surface area (Å²) in [6.45, 7) is 0.544. The standard InChI is InChI=1S/C23H22N2O7S/c1-28-15-4-6-18(29-2)16(11-15)17-13-33-23(24-17)25-21(26)12-32-22(27)10-14-3-5-19-20(9-14)31-8-7-30-19/h3-6,9,11,13H,7-8,10,12H2,1-2H3,(H,24,25,26). The maximum atomic E-state index is 12.2. The molecule has 1 amide bonds. The Morgan fingerprint density at radius 2 is 1.88 bits per heavy atom. The number of carbonyl (C=O) groups is 2. The quantitative estimate of drug-likeness (QED) is 0.500. The first-order valence-corrected chi connectivity index (χ1v) is 11.0. The second-order valence-corrected chi connectivity index (χ2v) is 7.83. The van der Waals surface area contributed by atoms with Gasteiger partial charge in [-0.1, -0.05) is 6.07 Å². The van der Waals surface area contributed by atoms with E-state index in [4.69, 9.17) is 23.7 Å². The highest BCUT2D eigenvalue weighted by atomic mass is 32.1. The van der Waals surface area contributed by atoms with Gasteiger partial charge in [0.15, 0.2) is 23.2 Å². The van der Waals surface area contributed by atoms with Gasteiger partial charge in [0.25, 0.3) is 5.91 Å². The Morgan fingerprint density at radius 3 is 2.67 bits per heavy atom. The third kappa shape index (κ3) is 5.53. The van der Waals surface area contributed by atoms with Crippen molar-refractivity contribution in [2.24, 2.45) is 0 Å². The molecule has 0 bridgehead atoms. The SMILES string of the molecule is COc1ccc(OC)c(-c2csc(NC(=O)COC(=O)Cc3ccc4c(c3)OCCO4)n2)c1. The maximum absolute atomic E-state index is 12.2. The molecule has 33 heavy (non-hydrogen) atoms. The number of fused-ring (bicyclic) bond motifs is 1. The predicted octanol–water partition coefficient (Wildman–Crippen LogP) is 3.32. The minimum Gasteiger partial charge on any atom is -0.497 e. The number of aromatic nitrogens is 1. The number of hydrogen-bond acceptors (Lipinski definition) is 9. The molecule has 172 valence electrons. The monoisotopic (exact) mass is 470 g/mol. The van der Waals surface area contributed by atoms with Crippen molar-refractivity contribution in [3.63, 3.8) is 0 Å². The summed E-state index contributed by atoms with van der Waals surface area (Å²) in [5, 5.41) is 4.81. The Morgan fingerprint density at radius 1 is 1.06 bits per heavy atom. The molecule has 1 aliphatic heterocycles. The molecule has 0 saturated heterocycles. The van der Waals surface area contributed by atoms with Crippen molar-refractivity contribution in [1.29, 1.82) is 0 Å². The van der Waals surface area contributed by atoms with Gasteiger partial charge in [-0.05, 0) is 35.9 Å². The smallest absolute Gasteiger partial charge is 0.310 e. The van der Waals surface area contributed by atoms with Crippen LogP contribution < -0.4 is 24.3 Å². The maximum Gasteiger partial charge on any atom is 0.310 e. The number of ether oxygens (including phenoxy) is 5. The van der Waals surface area contributed by atoms with Crippen molar-refractivity contribution < 1.29 is 33.3 Å². The molecule has 0 spiro atoms. The molecule has 1 aromatic heterocycles. The fourth-order valence-corrected chi connectivity index (χ4v) is 3.91. The van der Waals surface area contributed by atoms with Crippen molar-refractivity contribution in [2.45, 2.75) is 6.42 Å². The third-order valence-corrected chi connectivity index (χ3v) is 5.51. The van der Waals surface area contributed by atoms with E-state index in [0.29, 0.717) is 52.6 Å². The first-order valence-electron chi connectivity index (χ1n) is 10.1. The number of nitrogens with zero attached hydrogens (tertiary/aromatic N) is 1. The molecule has 9 nitrogen and oxygen atoms in total. The summed E-state index contributed by atoms with van der Waals surface area (Å²) in [7, 11) is 3.15. The number of anilines is 1. The summed E-state index contributed by atoms with van der Waals surface area (Å²) in [6.07, 6.45) is 0.0148. The van der Waals surface area contributed by atoms with E-state index in [1.165, 1.54) is 11.3 Å². The van der Waals surface area contributed by atoms with Crippen molar-refractivity contribution >= 4 is 28.3 Å². The first-order chi connectivity index (χ1) is 16.1. The second-order valence-electron chi connectivity index (χ2n) is 6.97.